The van der Waals surface area contributed by atoms with Crippen LogP contribution in [0.15, 0.2) is 0 Å². The fourth-order valence-electron chi connectivity index (χ4n) is 1.94. The average molecular weight is 229 g/mol. The number of hydrogen-bond donors (Lipinski definition) is 1. The fourth-order valence-corrected chi connectivity index (χ4v) is 1.94. The Labute approximate surface area is 102 Å². The Balaban J connectivity index is 3.64. The molecule has 0 fully saturated rings. The molecule has 2 heteroatoms. The van der Waals surface area contributed by atoms with Gasteiger partial charge in [0.2, 0.25) is 0 Å². The molecule has 0 atom stereocenters. The van der Waals surface area contributed by atoms with Crippen molar-refractivity contribution in [3.8, 4) is 0 Å². The van der Waals surface area contributed by atoms with Crippen LogP contribution in [-0.2, 0) is 4.74 Å². The maximum absolute atomic E-state index is 5.67. The van der Waals surface area contributed by atoms with Crippen molar-refractivity contribution in [2.45, 2.75) is 54.1 Å². The van der Waals surface area contributed by atoms with Crippen molar-refractivity contribution in [3.05, 3.63) is 0 Å². The summed E-state index contributed by atoms with van der Waals surface area (Å²) >= 11 is 0. The summed E-state index contributed by atoms with van der Waals surface area (Å²) in [6.07, 6.45) is 0. The average Bonchev–Trinajstić information content (AvgIpc) is 2.07. The summed E-state index contributed by atoms with van der Waals surface area (Å²) in [5.74, 6) is 2.25. The Kier molecular flexibility index (Phi) is 7.25. The van der Waals surface area contributed by atoms with Gasteiger partial charge in [-0.15, -0.1) is 0 Å². The van der Waals surface area contributed by atoms with Crippen LogP contribution in [-0.4, -0.2) is 25.3 Å². The first-order chi connectivity index (χ1) is 7.24. The molecule has 0 aliphatic heterocycles. The van der Waals surface area contributed by atoms with E-state index in [1.165, 1.54) is 0 Å². The van der Waals surface area contributed by atoms with Gasteiger partial charge in [-0.2, -0.15) is 0 Å². The zero-order valence-corrected chi connectivity index (χ0v) is 12.3. The molecule has 0 radical (unpaired) electrons. The first kappa shape index (κ1) is 15.9. The lowest BCUT2D eigenvalue weighted by Gasteiger charge is -2.26. The van der Waals surface area contributed by atoms with Crippen LogP contribution in [0, 0.1) is 17.8 Å². The molecule has 0 rings (SSSR count). The second kappa shape index (κ2) is 7.29. The Bertz CT molecular complexity index is 162. The zero-order chi connectivity index (χ0) is 12.8. The van der Waals surface area contributed by atoms with Gasteiger partial charge in [0.25, 0.3) is 0 Å². The van der Waals surface area contributed by atoms with Crippen molar-refractivity contribution in [2.24, 2.45) is 17.8 Å². The van der Waals surface area contributed by atoms with Crippen LogP contribution in [0.5, 0.6) is 0 Å². The molecule has 0 aromatic rings. The van der Waals surface area contributed by atoms with E-state index in [-0.39, 0.29) is 5.60 Å². The van der Waals surface area contributed by atoms with E-state index in [0.717, 1.165) is 37.5 Å². The summed E-state index contributed by atoms with van der Waals surface area (Å²) in [7, 11) is 0. The number of nitrogens with one attached hydrogen (secondary N) is 1. The van der Waals surface area contributed by atoms with Gasteiger partial charge in [0, 0.05) is 6.54 Å². The largest absolute Gasteiger partial charge is 0.375 e. The minimum Gasteiger partial charge on any atom is -0.375 e. The van der Waals surface area contributed by atoms with Gasteiger partial charge in [-0.05, 0) is 45.1 Å². The molecule has 0 saturated carbocycles. The van der Waals surface area contributed by atoms with E-state index in [9.17, 15) is 0 Å². The molecule has 0 spiro atoms. The molecule has 2 nitrogen and oxygen atoms in total. The second-order valence-electron chi connectivity index (χ2n) is 6.32. The van der Waals surface area contributed by atoms with E-state index < -0.39 is 0 Å². The molecule has 0 aliphatic carbocycles. The van der Waals surface area contributed by atoms with Crippen molar-refractivity contribution in [1.29, 1.82) is 0 Å². The highest BCUT2D eigenvalue weighted by atomic mass is 16.5. The third-order valence-electron chi connectivity index (χ3n) is 2.91. The standard InChI is InChI=1S/C14H31NO/c1-11(2)13(12(3)4)10-15-8-9-16-14(5,6)7/h11-13,15H,8-10H2,1-7H3. The number of ether oxygens (including phenoxy) is 1. The monoisotopic (exact) mass is 229 g/mol. The summed E-state index contributed by atoms with van der Waals surface area (Å²) in [5, 5.41) is 3.50. The summed E-state index contributed by atoms with van der Waals surface area (Å²) in [6, 6.07) is 0. The first-order valence-electron chi connectivity index (χ1n) is 6.58. The van der Waals surface area contributed by atoms with Crippen molar-refractivity contribution in [3.63, 3.8) is 0 Å². The molecule has 0 aromatic carbocycles. The van der Waals surface area contributed by atoms with Crippen LogP contribution in [0.25, 0.3) is 0 Å². The third kappa shape index (κ3) is 8.12. The highest BCUT2D eigenvalue weighted by Crippen LogP contribution is 2.19. The summed E-state index contributed by atoms with van der Waals surface area (Å²) in [4.78, 5) is 0. The Morgan fingerprint density at radius 1 is 1.00 bits per heavy atom. The maximum Gasteiger partial charge on any atom is 0.0599 e. The first-order valence-corrected chi connectivity index (χ1v) is 6.58. The highest BCUT2D eigenvalue weighted by Gasteiger charge is 2.16. The van der Waals surface area contributed by atoms with Gasteiger partial charge in [-0.25, -0.2) is 0 Å². The number of rotatable bonds is 7. The van der Waals surface area contributed by atoms with Gasteiger partial charge in [0.1, 0.15) is 0 Å². The second-order valence-corrected chi connectivity index (χ2v) is 6.32. The molecule has 1 N–H and O–H groups in total. The quantitative estimate of drug-likeness (QED) is 0.676. The molecule has 0 aliphatic rings. The third-order valence-corrected chi connectivity index (χ3v) is 2.91. The topological polar surface area (TPSA) is 21.3 Å². The molecule has 0 unspecified atom stereocenters. The lowest BCUT2D eigenvalue weighted by atomic mass is 9.85. The molecular formula is C14H31NO. The minimum absolute atomic E-state index is 0.0167. The van der Waals surface area contributed by atoms with E-state index >= 15 is 0 Å². The predicted molar refractivity (Wildman–Crippen MR) is 71.7 cm³/mol. The van der Waals surface area contributed by atoms with E-state index in [4.69, 9.17) is 4.74 Å². The van der Waals surface area contributed by atoms with Crippen molar-refractivity contribution >= 4 is 0 Å². The van der Waals surface area contributed by atoms with Gasteiger partial charge in [-0.1, -0.05) is 27.7 Å². The van der Waals surface area contributed by atoms with Gasteiger partial charge in [0.15, 0.2) is 0 Å². The predicted octanol–water partition coefficient (Wildman–Crippen LogP) is 3.32. The molecule has 16 heavy (non-hydrogen) atoms. The maximum atomic E-state index is 5.67. The van der Waals surface area contributed by atoms with Gasteiger partial charge >= 0.3 is 0 Å². The lowest BCUT2D eigenvalue weighted by molar-refractivity contribution is -0.00133. The fraction of sp³-hybridized carbons (Fsp3) is 1.00. The summed E-state index contributed by atoms with van der Waals surface area (Å²) in [5.41, 5.74) is -0.0167. The van der Waals surface area contributed by atoms with Crippen LogP contribution in [0.1, 0.15) is 48.5 Å². The molecule has 0 aromatic heterocycles. The smallest absolute Gasteiger partial charge is 0.0599 e. The lowest BCUT2D eigenvalue weighted by Crippen LogP contribution is -2.33. The van der Waals surface area contributed by atoms with Crippen molar-refractivity contribution in [1.82, 2.24) is 5.32 Å². The number of hydrogen-bond acceptors (Lipinski definition) is 2. The van der Waals surface area contributed by atoms with E-state index in [0.29, 0.717) is 0 Å². The van der Waals surface area contributed by atoms with E-state index in [2.05, 4.69) is 53.8 Å². The van der Waals surface area contributed by atoms with Crippen LogP contribution in [0.4, 0.5) is 0 Å². The molecular weight excluding hydrogens is 198 g/mol. The SMILES string of the molecule is CC(C)C(CNCCOC(C)(C)C)C(C)C. The van der Waals surface area contributed by atoms with Gasteiger partial charge < -0.3 is 10.1 Å². The van der Waals surface area contributed by atoms with E-state index in [1.807, 2.05) is 0 Å². The normalized spacial score (nSPS) is 13.1. The Morgan fingerprint density at radius 2 is 1.50 bits per heavy atom. The summed E-state index contributed by atoms with van der Waals surface area (Å²) in [6.45, 7) is 18.3. The zero-order valence-electron chi connectivity index (χ0n) is 12.3. The van der Waals surface area contributed by atoms with Crippen molar-refractivity contribution < 1.29 is 4.74 Å². The van der Waals surface area contributed by atoms with Crippen LogP contribution in [0.2, 0.25) is 0 Å². The minimum atomic E-state index is -0.0167. The molecule has 0 heterocycles. The van der Waals surface area contributed by atoms with Crippen molar-refractivity contribution in [2.75, 3.05) is 19.7 Å². The molecule has 0 amide bonds. The Hall–Kier alpha value is -0.0800. The van der Waals surface area contributed by atoms with Gasteiger partial charge in [-0.3, -0.25) is 0 Å². The van der Waals surface area contributed by atoms with Crippen LogP contribution < -0.4 is 5.32 Å². The highest BCUT2D eigenvalue weighted by molar-refractivity contribution is 4.69. The molecule has 98 valence electrons. The molecule has 0 saturated heterocycles. The molecule has 0 bridgehead atoms. The van der Waals surface area contributed by atoms with Crippen LogP contribution >= 0.6 is 0 Å². The van der Waals surface area contributed by atoms with E-state index in [1.54, 1.807) is 0 Å². The Morgan fingerprint density at radius 3 is 1.88 bits per heavy atom. The van der Waals surface area contributed by atoms with Crippen LogP contribution in [0.3, 0.4) is 0 Å². The van der Waals surface area contributed by atoms with Gasteiger partial charge in [0.05, 0.1) is 12.2 Å². The summed E-state index contributed by atoms with van der Waals surface area (Å²) < 4.78 is 5.67.